The van der Waals surface area contributed by atoms with Crippen molar-refractivity contribution in [2.24, 2.45) is 0 Å². The van der Waals surface area contributed by atoms with E-state index in [0.717, 1.165) is 21.2 Å². The van der Waals surface area contributed by atoms with Gasteiger partial charge < -0.3 is 5.11 Å². The van der Waals surface area contributed by atoms with Gasteiger partial charge in [-0.2, -0.15) is 0 Å². The van der Waals surface area contributed by atoms with E-state index in [1.54, 1.807) is 17.8 Å². The van der Waals surface area contributed by atoms with Gasteiger partial charge in [-0.15, -0.1) is 22.7 Å². The van der Waals surface area contributed by atoms with Crippen molar-refractivity contribution in [2.45, 2.75) is 6.42 Å². The number of aromatic nitrogens is 2. The van der Waals surface area contributed by atoms with Gasteiger partial charge in [-0.05, 0) is 40.6 Å². The summed E-state index contributed by atoms with van der Waals surface area (Å²) in [5.74, 6) is -1.11. The SMILES string of the molecule is O=C(Cc1scc(-c2ccc3nccnc3c2)c1C(=O)O)c1cc2ccccc2s1. The molecule has 0 fully saturated rings. The number of fused-ring (bicyclic) bond motifs is 2. The number of carboxylic acid groups (broad SMARTS) is 1. The number of carboxylic acids is 1. The maximum absolute atomic E-state index is 12.9. The minimum Gasteiger partial charge on any atom is -0.478 e. The van der Waals surface area contributed by atoms with Crippen LogP contribution in [-0.4, -0.2) is 26.8 Å². The van der Waals surface area contributed by atoms with Gasteiger partial charge in [0, 0.05) is 34.0 Å². The van der Waals surface area contributed by atoms with Crippen LogP contribution in [0.3, 0.4) is 0 Å². The molecular weight excluding hydrogens is 416 g/mol. The average molecular weight is 431 g/mol. The molecule has 0 spiro atoms. The van der Waals surface area contributed by atoms with Crippen molar-refractivity contribution in [3.05, 3.63) is 81.6 Å². The van der Waals surface area contributed by atoms with E-state index in [-0.39, 0.29) is 17.8 Å². The van der Waals surface area contributed by atoms with Crippen LogP contribution in [0.4, 0.5) is 0 Å². The van der Waals surface area contributed by atoms with Crippen molar-refractivity contribution in [1.82, 2.24) is 9.97 Å². The molecule has 0 aliphatic heterocycles. The van der Waals surface area contributed by atoms with Gasteiger partial charge in [0.1, 0.15) is 0 Å². The van der Waals surface area contributed by atoms with Crippen LogP contribution in [0, 0.1) is 0 Å². The molecule has 0 bridgehead atoms. The maximum Gasteiger partial charge on any atom is 0.337 e. The second-order valence-corrected chi connectivity index (χ2v) is 8.81. The zero-order valence-corrected chi connectivity index (χ0v) is 17.2. The van der Waals surface area contributed by atoms with Crippen molar-refractivity contribution < 1.29 is 14.7 Å². The predicted octanol–water partition coefficient (Wildman–Crippen LogP) is 5.70. The highest BCUT2D eigenvalue weighted by atomic mass is 32.1. The molecule has 0 amide bonds. The molecule has 0 saturated carbocycles. The van der Waals surface area contributed by atoms with Gasteiger partial charge in [0.2, 0.25) is 0 Å². The lowest BCUT2D eigenvalue weighted by Crippen LogP contribution is -2.06. The van der Waals surface area contributed by atoms with E-state index < -0.39 is 5.97 Å². The number of hydrogen-bond donors (Lipinski definition) is 1. The summed E-state index contributed by atoms with van der Waals surface area (Å²) < 4.78 is 1.04. The van der Waals surface area contributed by atoms with Gasteiger partial charge in [-0.3, -0.25) is 14.8 Å². The van der Waals surface area contributed by atoms with E-state index >= 15 is 0 Å². The molecule has 3 aromatic heterocycles. The van der Waals surface area contributed by atoms with Crippen molar-refractivity contribution in [3.63, 3.8) is 0 Å². The van der Waals surface area contributed by atoms with E-state index in [4.69, 9.17) is 0 Å². The molecule has 3 heterocycles. The minimum atomic E-state index is -1.04. The summed E-state index contributed by atoms with van der Waals surface area (Å²) in [7, 11) is 0. The number of carbonyl (C=O) groups is 2. The molecule has 0 aliphatic carbocycles. The number of carbonyl (C=O) groups excluding carboxylic acids is 1. The Balaban J connectivity index is 1.52. The molecule has 1 N–H and O–H groups in total. The molecule has 0 radical (unpaired) electrons. The van der Waals surface area contributed by atoms with Gasteiger partial charge in [-0.25, -0.2) is 4.79 Å². The van der Waals surface area contributed by atoms with Gasteiger partial charge in [0.05, 0.1) is 21.5 Å². The van der Waals surface area contributed by atoms with Crippen LogP contribution in [0.5, 0.6) is 0 Å². The monoisotopic (exact) mass is 430 g/mol. The Morgan fingerprint density at radius 2 is 1.77 bits per heavy atom. The number of rotatable bonds is 5. The van der Waals surface area contributed by atoms with Crippen molar-refractivity contribution in [3.8, 4) is 11.1 Å². The molecule has 146 valence electrons. The van der Waals surface area contributed by atoms with Crippen LogP contribution in [0.15, 0.2) is 66.3 Å². The first kappa shape index (κ1) is 18.6. The Morgan fingerprint density at radius 1 is 0.967 bits per heavy atom. The number of nitrogens with zero attached hydrogens (tertiary/aromatic N) is 2. The fourth-order valence-corrected chi connectivity index (χ4v) is 5.50. The second kappa shape index (κ2) is 7.44. The normalized spacial score (nSPS) is 11.2. The molecule has 5 rings (SSSR count). The highest BCUT2D eigenvalue weighted by Gasteiger charge is 2.22. The molecular formula is C23H14N2O3S2. The zero-order chi connectivity index (χ0) is 20.7. The molecule has 0 aliphatic rings. The van der Waals surface area contributed by atoms with E-state index in [9.17, 15) is 14.7 Å². The number of ketones is 1. The Hall–Kier alpha value is -3.42. The lowest BCUT2D eigenvalue weighted by atomic mass is 10.0. The van der Waals surface area contributed by atoms with Crippen LogP contribution in [0.1, 0.15) is 24.9 Å². The van der Waals surface area contributed by atoms with Gasteiger partial charge >= 0.3 is 5.97 Å². The largest absolute Gasteiger partial charge is 0.478 e. The molecule has 5 nitrogen and oxygen atoms in total. The standard InChI is InChI=1S/C23H14N2O3S2/c26-18(20-10-14-3-1-2-4-19(14)30-20)11-21-22(23(27)28)15(12-29-21)13-5-6-16-17(9-13)25-8-7-24-16/h1-10,12H,11H2,(H,27,28). The summed E-state index contributed by atoms with van der Waals surface area (Å²) in [6, 6.07) is 15.2. The summed E-state index contributed by atoms with van der Waals surface area (Å²) in [5.41, 5.74) is 2.96. The molecule has 7 heteroatoms. The fraction of sp³-hybridized carbons (Fsp3) is 0.0435. The Bertz CT molecular complexity index is 1400. The highest BCUT2D eigenvalue weighted by molar-refractivity contribution is 7.20. The summed E-state index contributed by atoms with van der Waals surface area (Å²) in [6.07, 6.45) is 3.28. The van der Waals surface area contributed by atoms with Crippen molar-refractivity contribution in [1.29, 1.82) is 0 Å². The second-order valence-electron chi connectivity index (χ2n) is 6.76. The van der Waals surface area contributed by atoms with Crippen LogP contribution in [-0.2, 0) is 6.42 Å². The van der Waals surface area contributed by atoms with E-state index in [1.807, 2.05) is 48.5 Å². The Labute approximate surface area is 179 Å². The first-order valence-electron chi connectivity index (χ1n) is 9.17. The fourth-order valence-electron chi connectivity index (χ4n) is 3.46. The number of Topliss-reactive ketones (excluding diaryl/α,β-unsaturated/α-hetero) is 1. The number of aromatic carboxylic acids is 1. The molecule has 0 atom stereocenters. The Morgan fingerprint density at radius 3 is 2.57 bits per heavy atom. The molecule has 5 aromatic rings. The third kappa shape index (κ3) is 3.28. The summed E-state index contributed by atoms with van der Waals surface area (Å²) in [6.45, 7) is 0. The zero-order valence-electron chi connectivity index (χ0n) is 15.5. The van der Waals surface area contributed by atoms with E-state index in [2.05, 4.69) is 9.97 Å². The summed E-state index contributed by atoms with van der Waals surface area (Å²) >= 11 is 2.74. The molecule has 0 saturated heterocycles. The molecule has 0 unspecified atom stereocenters. The number of thiophene rings is 2. The van der Waals surface area contributed by atoms with Crippen LogP contribution < -0.4 is 0 Å². The first-order chi connectivity index (χ1) is 14.6. The lowest BCUT2D eigenvalue weighted by molar-refractivity contribution is 0.0697. The number of hydrogen-bond acceptors (Lipinski definition) is 6. The molecule has 30 heavy (non-hydrogen) atoms. The summed E-state index contributed by atoms with van der Waals surface area (Å²) in [4.78, 5) is 34.7. The van der Waals surface area contributed by atoms with Gasteiger partial charge in [0.25, 0.3) is 0 Å². The summed E-state index contributed by atoms with van der Waals surface area (Å²) in [5, 5.41) is 12.7. The van der Waals surface area contributed by atoms with E-state index in [0.29, 0.717) is 20.8 Å². The third-order valence-electron chi connectivity index (χ3n) is 4.88. The maximum atomic E-state index is 12.9. The molecule has 2 aromatic carbocycles. The van der Waals surface area contributed by atoms with Crippen molar-refractivity contribution in [2.75, 3.05) is 0 Å². The van der Waals surface area contributed by atoms with Gasteiger partial charge in [0.15, 0.2) is 5.78 Å². The van der Waals surface area contributed by atoms with Crippen LogP contribution in [0.25, 0.3) is 32.2 Å². The number of benzene rings is 2. The third-order valence-corrected chi connectivity index (χ3v) is 7.03. The smallest absolute Gasteiger partial charge is 0.337 e. The van der Waals surface area contributed by atoms with Crippen LogP contribution in [0.2, 0.25) is 0 Å². The van der Waals surface area contributed by atoms with Crippen LogP contribution >= 0.6 is 22.7 Å². The highest BCUT2D eigenvalue weighted by Crippen LogP contribution is 2.34. The average Bonchev–Trinajstić information content (AvgIpc) is 3.37. The van der Waals surface area contributed by atoms with E-state index in [1.165, 1.54) is 22.7 Å². The van der Waals surface area contributed by atoms with Crippen molar-refractivity contribution >= 4 is 55.5 Å². The van der Waals surface area contributed by atoms with Gasteiger partial charge in [-0.1, -0.05) is 24.3 Å². The topological polar surface area (TPSA) is 80.2 Å². The quantitative estimate of drug-likeness (QED) is 0.362. The first-order valence-corrected chi connectivity index (χ1v) is 10.9. The Kier molecular flexibility index (Phi) is 4.61. The predicted molar refractivity (Wildman–Crippen MR) is 120 cm³/mol. The lowest BCUT2D eigenvalue weighted by Gasteiger charge is -2.05. The minimum absolute atomic E-state index is 0.0620.